The van der Waals surface area contributed by atoms with E-state index >= 15 is 0 Å². The van der Waals surface area contributed by atoms with Crippen LogP contribution in [0.15, 0.2) is 36.7 Å². The van der Waals surface area contributed by atoms with Gasteiger partial charge in [-0.25, -0.2) is 23.1 Å². The molecule has 1 atom stereocenters. The summed E-state index contributed by atoms with van der Waals surface area (Å²) < 4.78 is 25.4. The summed E-state index contributed by atoms with van der Waals surface area (Å²) in [5.74, 6) is 1.51. The van der Waals surface area contributed by atoms with Crippen molar-refractivity contribution in [3.8, 4) is 0 Å². The van der Waals surface area contributed by atoms with Gasteiger partial charge < -0.3 is 10.6 Å². The predicted octanol–water partition coefficient (Wildman–Crippen LogP) is 3.58. The quantitative estimate of drug-likeness (QED) is 0.630. The van der Waals surface area contributed by atoms with Crippen molar-refractivity contribution in [2.24, 2.45) is 0 Å². The molecule has 1 fully saturated rings. The summed E-state index contributed by atoms with van der Waals surface area (Å²) in [6, 6.07) is 10.00. The molecule has 1 heterocycles. The van der Waals surface area contributed by atoms with Crippen molar-refractivity contribution >= 4 is 33.3 Å². The number of halogens is 1. The Morgan fingerprint density at radius 2 is 1.64 bits per heavy atom. The summed E-state index contributed by atoms with van der Waals surface area (Å²) in [5.41, 5.74) is 1.12. The molecular formula is C19H26ClN5O2S. The first-order valence-corrected chi connectivity index (χ1v) is 11.6. The topological polar surface area (TPSA) is 96.0 Å². The molecule has 28 heavy (non-hydrogen) atoms. The first kappa shape index (κ1) is 20.8. The van der Waals surface area contributed by atoms with Gasteiger partial charge in [0.2, 0.25) is 10.0 Å². The number of hydrogen-bond acceptors (Lipinski definition) is 6. The number of sulfonamides is 1. The van der Waals surface area contributed by atoms with Crippen molar-refractivity contribution < 1.29 is 8.42 Å². The second-order valence-corrected chi connectivity index (χ2v) is 9.51. The van der Waals surface area contributed by atoms with Gasteiger partial charge in [0.1, 0.15) is 18.0 Å². The number of hydrogen-bond donors (Lipinski definition) is 3. The minimum atomic E-state index is -3.15. The Labute approximate surface area is 171 Å². The Morgan fingerprint density at radius 1 is 1.04 bits per heavy atom. The highest BCUT2D eigenvalue weighted by molar-refractivity contribution is 7.88. The van der Waals surface area contributed by atoms with Crippen LogP contribution in [0.5, 0.6) is 0 Å². The van der Waals surface area contributed by atoms with Crippen LogP contribution in [-0.4, -0.2) is 36.7 Å². The third-order valence-corrected chi connectivity index (χ3v) is 5.87. The van der Waals surface area contributed by atoms with Crippen molar-refractivity contribution in [3.63, 3.8) is 0 Å². The molecule has 3 N–H and O–H groups in total. The largest absolute Gasteiger partial charge is 0.367 e. The molecule has 0 amide bonds. The van der Waals surface area contributed by atoms with Crippen LogP contribution in [0.3, 0.4) is 0 Å². The molecule has 1 aliphatic carbocycles. The lowest BCUT2D eigenvalue weighted by Crippen LogP contribution is -2.39. The molecule has 2 aromatic rings. The fourth-order valence-electron chi connectivity index (χ4n) is 3.44. The first-order chi connectivity index (χ1) is 13.3. The van der Waals surface area contributed by atoms with Crippen LogP contribution < -0.4 is 15.4 Å². The van der Waals surface area contributed by atoms with E-state index in [0.29, 0.717) is 5.02 Å². The standard InChI is InChI=1S/C19H26ClN5O2S/c1-13(14-3-5-15(20)6-4-14)23-18-11-19(22-12-21-18)24-16-7-9-17(10-8-16)25-28(2,26)27/h3-6,11-13,16-17,25H,7-10H2,1-2H3,(H2,21,22,23,24)/t13-,16?,17?/m0/s1. The summed E-state index contributed by atoms with van der Waals surface area (Å²) in [6.07, 6.45) is 6.15. The van der Waals surface area contributed by atoms with Crippen molar-refractivity contribution in [1.29, 1.82) is 0 Å². The van der Waals surface area contributed by atoms with E-state index in [1.54, 1.807) is 0 Å². The molecule has 1 aromatic heterocycles. The second-order valence-electron chi connectivity index (χ2n) is 7.29. The molecule has 1 aliphatic rings. The molecule has 152 valence electrons. The fourth-order valence-corrected chi connectivity index (χ4v) is 4.41. The van der Waals surface area contributed by atoms with Crippen molar-refractivity contribution in [1.82, 2.24) is 14.7 Å². The summed E-state index contributed by atoms with van der Waals surface area (Å²) >= 11 is 5.95. The molecule has 7 nitrogen and oxygen atoms in total. The van der Waals surface area contributed by atoms with Crippen LogP contribution >= 0.6 is 11.6 Å². The normalized spacial score (nSPS) is 21.1. The Balaban J connectivity index is 1.54. The van der Waals surface area contributed by atoms with E-state index in [4.69, 9.17) is 11.6 Å². The van der Waals surface area contributed by atoms with Gasteiger partial charge in [0, 0.05) is 29.2 Å². The molecule has 1 saturated carbocycles. The van der Waals surface area contributed by atoms with Gasteiger partial charge in [-0.3, -0.25) is 0 Å². The van der Waals surface area contributed by atoms with Gasteiger partial charge in [-0.15, -0.1) is 0 Å². The average molecular weight is 424 g/mol. The number of benzene rings is 1. The summed E-state index contributed by atoms with van der Waals surface area (Å²) in [4.78, 5) is 8.62. The zero-order chi connectivity index (χ0) is 20.1. The second kappa shape index (κ2) is 9.07. The summed E-state index contributed by atoms with van der Waals surface area (Å²) in [7, 11) is -3.15. The molecule has 0 spiro atoms. The van der Waals surface area contributed by atoms with Gasteiger partial charge in [0.25, 0.3) is 0 Å². The molecule has 1 aromatic carbocycles. The van der Waals surface area contributed by atoms with Crippen LogP contribution in [0, 0.1) is 0 Å². The first-order valence-electron chi connectivity index (χ1n) is 9.36. The Morgan fingerprint density at radius 3 is 2.29 bits per heavy atom. The molecule has 0 unspecified atom stereocenters. The number of aromatic nitrogens is 2. The van der Waals surface area contributed by atoms with E-state index in [1.807, 2.05) is 30.3 Å². The lowest BCUT2D eigenvalue weighted by Gasteiger charge is -2.29. The van der Waals surface area contributed by atoms with Gasteiger partial charge in [-0.1, -0.05) is 23.7 Å². The Bertz CT molecular complexity index is 883. The van der Waals surface area contributed by atoms with Gasteiger partial charge in [-0.2, -0.15) is 0 Å². The van der Waals surface area contributed by atoms with Crippen molar-refractivity contribution in [2.45, 2.75) is 50.7 Å². The summed E-state index contributed by atoms with van der Waals surface area (Å²) in [6.45, 7) is 2.06. The van der Waals surface area contributed by atoms with Crippen LogP contribution in [0.4, 0.5) is 11.6 Å². The van der Waals surface area contributed by atoms with E-state index < -0.39 is 10.0 Å². The predicted molar refractivity (Wildman–Crippen MR) is 113 cm³/mol. The van der Waals surface area contributed by atoms with E-state index in [-0.39, 0.29) is 18.1 Å². The molecule has 9 heteroatoms. The van der Waals surface area contributed by atoms with Crippen molar-refractivity contribution in [3.05, 3.63) is 47.2 Å². The third-order valence-electron chi connectivity index (χ3n) is 4.86. The maximum Gasteiger partial charge on any atom is 0.208 e. The Hall–Kier alpha value is -1.90. The minimum absolute atomic E-state index is 0.0240. The average Bonchev–Trinajstić information content (AvgIpc) is 2.63. The maximum atomic E-state index is 11.4. The fraction of sp³-hybridized carbons (Fsp3) is 0.474. The van der Waals surface area contributed by atoms with E-state index in [0.717, 1.165) is 42.9 Å². The van der Waals surface area contributed by atoms with Crippen LogP contribution in [0.2, 0.25) is 5.02 Å². The highest BCUT2D eigenvalue weighted by Crippen LogP contribution is 2.24. The lowest BCUT2D eigenvalue weighted by molar-refractivity contribution is 0.387. The molecule has 0 aliphatic heterocycles. The molecular weight excluding hydrogens is 398 g/mol. The van der Waals surface area contributed by atoms with E-state index in [1.165, 1.54) is 12.6 Å². The number of rotatable bonds is 7. The van der Waals surface area contributed by atoms with Crippen LogP contribution in [-0.2, 0) is 10.0 Å². The maximum absolute atomic E-state index is 11.4. The van der Waals surface area contributed by atoms with Crippen LogP contribution in [0.25, 0.3) is 0 Å². The Kier molecular flexibility index (Phi) is 6.74. The lowest BCUT2D eigenvalue weighted by atomic mass is 9.92. The number of nitrogens with zero attached hydrogens (tertiary/aromatic N) is 2. The highest BCUT2D eigenvalue weighted by atomic mass is 35.5. The minimum Gasteiger partial charge on any atom is -0.367 e. The van der Waals surface area contributed by atoms with Crippen LogP contribution in [0.1, 0.15) is 44.2 Å². The molecule has 0 saturated heterocycles. The van der Waals surface area contributed by atoms with Crippen molar-refractivity contribution in [2.75, 3.05) is 16.9 Å². The summed E-state index contributed by atoms with van der Waals surface area (Å²) in [5, 5.41) is 7.53. The molecule has 3 rings (SSSR count). The van der Waals surface area contributed by atoms with Gasteiger partial charge in [0.15, 0.2) is 0 Å². The monoisotopic (exact) mass is 423 g/mol. The zero-order valence-electron chi connectivity index (χ0n) is 16.0. The third kappa shape index (κ3) is 6.32. The highest BCUT2D eigenvalue weighted by Gasteiger charge is 2.23. The zero-order valence-corrected chi connectivity index (χ0v) is 17.6. The number of anilines is 2. The van der Waals surface area contributed by atoms with E-state index in [9.17, 15) is 8.42 Å². The number of nitrogens with one attached hydrogen (secondary N) is 3. The molecule has 0 radical (unpaired) electrons. The molecule has 0 bridgehead atoms. The van der Waals surface area contributed by atoms with E-state index in [2.05, 4.69) is 32.2 Å². The van der Waals surface area contributed by atoms with Gasteiger partial charge >= 0.3 is 0 Å². The van der Waals surface area contributed by atoms with Gasteiger partial charge in [0.05, 0.1) is 6.26 Å². The van der Waals surface area contributed by atoms with Gasteiger partial charge in [-0.05, 0) is 50.3 Å². The smallest absolute Gasteiger partial charge is 0.208 e. The SMILES string of the molecule is C[C@H](Nc1cc(NC2CCC(NS(C)(=O)=O)CC2)ncn1)c1ccc(Cl)cc1.